The fraction of sp³-hybridized carbons (Fsp3) is 0.200. The number of esters is 1. The predicted molar refractivity (Wildman–Crippen MR) is 128 cm³/mol. The van der Waals surface area contributed by atoms with E-state index in [4.69, 9.17) is 4.74 Å². The summed E-state index contributed by atoms with van der Waals surface area (Å²) in [6.45, 7) is 7.31. The molecule has 0 radical (unpaired) electrons. The molecule has 8 heteroatoms. The minimum absolute atomic E-state index is 0.00574. The molecule has 0 bridgehead atoms. The Labute approximate surface area is 193 Å². The van der Waals surface area contributed by atoms with Crippen LogP contribution in [0.25, 0.3) is 0 Å². The molecular weight excluding hydrogens is 440 g/mol. The topological polar surface area (TPSA) is 102 Å². The normalized spacial score (nSPS) is 11.0. The van der Waals surface area contributed by atoms with Crippen LogP contribution in [0.15, 0.2) is 65.6 Å². The fourth-order valence-electron chi connectivity index (χ4n) is 3.33. The Morgan fingerprint density at radius 1 is 0.879 bits per heavy atom. The molecule has 0 spiro atoms. The molecule has 172 valence electrons. The van der Waals surface area contributed by atoms with Crippen molar-refractivity contribution in [2.24, 2.45) is 0 Å². The number of carbonyl (C=O) groups excluding carboxylic acids is 2. The van der Waals surface area contributed by atoms with Crippen LogP contribution >= 0.6 is 0 Å². The van der Waals surface area contributed by atoms with E-state index in [2.05, 4.69) is 10.0 Å². The number of carbonyl (C=O) groups is 2. The van der Waals surface area contributed by atoms with Gasteiger partial charge in [-0.2, -0.15) is 0 Å². The second-order valence-electron chi connectivity index (χ2n) is 7.62. The molecule has 7 nitrogen and oxygen atoms in total. The fourth-order valence-corrected chi connectivity index (χ4v) is 4.73. The first kappa shape index (κ1) is 24.0. The van der Waals surface area contributed by atoms with Crippen molar-refractivity contribution in [1.29, 1.82) is 0 Å². The lowest BCUT2D eigenvalue weighted by Gasteiger charge is -2.14. The Kier molecular flexibility index (Phi) is 7.18. The van der Waals surface area contributed by atoms with Gasteiger partial charge in [-0.15, -0.1) is 0 Å². The van der Waals surface area contributed by atoms with Gasteiger partial charge in [0.15, 0.2) is 0 Å². The van der Waals surface area contributed by atoms with Crippen LogP contribution in [-0.2, 0) is 14.8 Å². The highest BCUT2D eigenvalue weighted by molar-refractivity contribution is 7.92. The van der Waals surface area contributed by atoms with E-state index in [-0.39, 0.29) is 28.3 Å². The Morgan fingerprint density at radius 3 is 2.30 bits per heavy atom. The van der Waals surface area contributed by atoms with E-state index in [9.17, 15) is 18.0 Å². The zero-order valence-corrected chi connectivity index (χ0v) is 19.7. The number of hydrogen-bond acceptors (Lipinski definition) is 5. The lowest BCUT2D eigenvalue weighted by molar-refractivity contribution is 0.0527. The number of sulfonamides is 1. The van der Waals surface area contributed by atoms with Crippen molar-refractivity contribution in [3.8, 4) is 0 Å². The molecule has 2 N–H and O–H groups in total. The number of rotatable bonds is 7. The lowest BCUT2D eigenvalue weighted by atomic mass is 10.1. The van der Waals surface area contributed by atoms with Crippen LogP contribution in [0.2, 0.25) is 0 Å². The van der Waals surface area contributed by atoms with Gasteiger partial charge in [0.2, 0.25) is 0 Å². The van der Waals surface area contributed by atoms with Gasteiger partial charge in [-0.1, -0.05) is 35.9 Å². The summed E-state index contributed by atoms with van der Waals surface area (Å²) in [5, 5.41) is 2.67. The van der Waals surface area contributed by atoms with Gasteiger partial charge in [0.1, 0.15) is 0 Å². The average Bonchev–Trinajstić information content (AvgIpc) is 2.76. The van der Waals surface area contributed by atoms with E-state index in [0.29, 0.717) is 11.3 Å². The number of anilines is 2. The van der Waals surface area contributed by atoms with Crippen LogP contribution in [0.5, 0.6) is 0 Å². The van der Waals surface area contributed by atoms with Crippen molar-refractivity contribution in [3.63, 3.8) is 0 Å². The van der Waals surface area contributed by atoms with Crippen molar-refractivity contribution >= 4 is 33.3 Å². The smallest absolute Gasteiger partial charge is 0.340 e. The number of para-hydroxylation sites is 1. The zero-order chi connectivity index (χ0) is 24.2. The lowest BCUT2D eigenvalue weighted by Crippen LogP contribution is -2.18. The van der Waals surface area contributed by atoms with Gasteiger partial charge in [0, 0.05) is 5.56 Å². The van der Waals surface area contributed by atoms with Gasteiger partial charge < -0.3 is 10.1 Å². The molecule has 3 rings (SSSR count). The maximum Gasteiger partial charge on any atom is 0.340 e. The van der Waals surface area contributed by atoms with Gasteiger partial charge in [-0.05, 0) is 69.2 Å². The third-order valence-electron chi connectivity index (χ3n) is 5.04. The third kappa shape index (κ3) is 5.59. The molecular formula is C25H26N2O5S. The number of amides is 1. The van der Waals surface area contributed by atoms with Gasteiger partial charge in [0.25, 0.3) is 15.9 Å². The molecule has 0 aromatic heterocycles. The molecule has 0 aliphatic rings. The summed E-state index contributed by atoms with van der Waals surface area (Å²) >= 11 is 0. The second kappa shape index (κ2) is 9.87. The summed E-state index contributed by atoms with van der Waals surface area (Å²) in [5.41, 5.74) is 3.41. The molecule has 3 aromatic rings. The van der Waals surface area contributed by atoms with Crippen LogP contribution in [0.1, 0.15) is 44.3 Å². The summed E-state index contributed by atoms with van der Waals surface area (Å²) in [6, 6.07) is 16.3. The summed E-state index contributed by atoms with van der Waals surface area (Å²) in [6.07, 6.45) is 0. The van der Waals surface area contributed by atoms with Crippen LogP contribution in [0.4, 0.5) is 11.4 Å². The van der Waals surface area contributed by atoms with Crippen molar-refractivity contribution in [1.82, 2.24) is 0 Å². The molecule has 0 atom stereocenters. The summed E-state index contributed by atoms with van der Waals surface area (Å²) in [4.78, 5) is 25.1. The Morgan fingerprint density at radius 2 is 1.61 bits per heavy atom. The van der Waals surface area contributed by atoms with E-state index in [0.717, 1.165) is 11.1 Å². The first-order valence-electron chi connectivity index (χ1n) is 10.4. The number of nitrogens with one attached hydrogen (secondary N) is 2. The molecule has 0 fully saturated rings. The predicted octanol–water partition coefficient (Wildman–Crippen LogP) is 4.84. The van der Waals surface area contributed by atoms with Gasteiger partial charge in [-0.25, -0.2) is 13.2 Å². The Hall–Kier alpha value is -3.65. The second-order valence-corrected chi connectivity index (χ2v) is 9.28. The van der Waals surface area contributed by atoms with Gasteiger partial charge >= 0.3 is 5.97 Å². The molecule has 0 saturated heterocycles. The van der Waals surface area contributed by atoms with E-state index in [1.807, 2.05) is 26.0 Å². The average molecular weight is 467 g/mol. The highest BCUT2D eigenvalue weighted by Gasteiger charge is 2.21. The molecule has 0 aliphatic heterocycles. The standard InChI is InChI=1S/C25H26N2O5S/c1-5-32-25(29)20-8-6-7-9-22(20)26-24(28)19-12-11-17(3)23(15-19)33(30,31)27-21-13-10-16(2)14-18(21)4/h6-15,27H,5H2,1-4H3,(H,26,28). The van der Waals surface area contributed by atoms with Crippen molar-refractivity contribution in [2.75, 3.05) is 16.6 Å². The minimum Gasteiger partial charge on any atom is -0.462 e. The highest BCUT2D eigenvalue weighted by atomic mass is 32.2. The number of benzene rings is 3. The quantitative estimate of drug-likeness (QED) is 0.485. The Balaban J connectivity index is 1.90. The number of hydrogen-bond donors (Lipinski definition) is 2. The molecule has 3 aromatic carbocycles. The van der Waals surface area contributed by atoms with Crippen molar-refractivity contribution in [2.45, 2.75) is 32.6 Å². The monoisotopic (exact) mass is 466 g/mol. The van der Waals surface area contributed by atoms with Gasteiger partial charge in [-0.3, -0.25) is 9.52 Å². The maximum absolute atomic E-state index is 13.1. The van der Waals surface area contributed by atoms with E-state index >= 15 is 0 Å². The van der Waals surface area contributed by atoms with Crippen LogP contribution in [-0.4, -0.2) is 26.9 Å². The molecule has 0 aliphatic carbocycles. The third-order valence-corrected chi connectivity index (χ3v) is 6.54. The SMILES string of the molecule is CCOC(=O)c1ccccc1NC(=O)c1ccc(C)c(S(=O)(=O)Nc2ccc(C)cc2C)c1. The number of aryl methyl sites for hydroxylation is 3. The van der Waals surface area contributed by atoms with E-state index in [1.165, 1.54) is 12.1 Å². The minimum atomic E-state index is -3.94. The highest BCUT2D eigenvalue weighted by Crippen LogP contribution is 2.24. The van der Waals surface area contributed by atoms with Crippen molar-refractivity contribution < 1.29 is 22.7 Å². The van der Waals surface area contributed by atoms with Crippen molar-refractivity contribution in [3.05, 3.63) is 88.5 Å². The summed E-state index contributed by atoms with van der Waals surface area (Å²) in [5.74, 6) is -1.10. The first-order chi connectivity index (χ1) is 15.6. The maximum atomic E-state index is 13.1. The van der Waals surface area contributed by atoms with E-state index in [1.54, 1.807) is 50.2 Å². The van der Waals surface area contributed by atoms with Crippen LogP contribution < -0.4 is 10.0 Å². The molecule has 33 heavy (non-hydrogen) atoms. The zero-order valence-electron chi connectivity index (χ0n) is 18.9. The molecule has 0 unspecified atom stereocenters. The van der Waals surface area contributed by atoms with Crippen LogP contribution in [0.3, 0.4) is 0 Å². The molecule has 1 amide bonds. The van der Waals surface area contributed by atoms with Gasteiger partial charge in [0.05, 0.1) is 28.4 Å². The first-order valence-corrected chi connectivity index (χ1v) is 11.9. The van der Waals surface area contributed by atoms with Crippen LogP contribution in [0, 0.1) is 20.8 Å². The largest absolute Gasteiger partial charge is 0.462 e. The van der Waals surface area contributed by atoms with E-state index < -0.39 is 21.9 Å². The summed E-state index contributed by atoms with van der Waals surface area (Å²) in [7, 11) is -3.94. The molecule has 0 heterocycles. The molecule has 0 saturated carbocycles. The number of ether oxygens (including phenoxy) is 1. The Bertz CT molecular complexity index is 1320. The summed E-state index contributed by atoms with van der Waals surface area (Å²) < 4.78 is 33.8.